The summed E-state index contributed by atoms with van der Waals surface area (Å²) < 4.78 is 1.82. The van der Waals surface area contributed by atoms with Crippen molar-refractivity contribution in [1.29, 1.82) is 0 Å². The molecule has 106 valence electrons. The highest BCUT2D eigenvalue weighted by Gasteiger charge is 2.31. The summed E-state index contributed by atoms with van der Waals surface area (Å²) in [4.78, 5) is 20.3. The SMILES string of the molecule is Nc1nc(O)c2c(Br)nc([C@H]3CCN(C(=O)O)C3)n2n1. The molecule has 1 amide bonds. The third-order valence-corrected chi connectivity index (χ3v) is 3.85. The lowest BCUT2D eigenvalue weighted by molar-refractivity contribution is 0.155. The number of aromatic hydroxyl groups is 1. The van der Waals surface area contributed by atoms with Crippen LogP contribution in [0, 0.1) is 0 Å². The standard InChI is InChI=1S/C10H11BrN6O3/c11-6-5-8(18)14-9(12)15-17(5)7(13-6)4-1-2-16(3-4)10(19)20/h4H,1-3H2,(H,19,20)(H3,12,14,15,18)/t4-/m0/s1. The molecule has 4 N–H and O–H groups in total. The van der Waals surface area contributed by atoms with Crippen LogP contribution in [0.5, 0.6) is 5.88 Å². The van der Waals surface area contributed by atoms with Crippen LogP contribution in [-0.4, -0.2) is 53.9 Å². The van der Waals surface area contributed by atoms with Crippen molar-refractivity contribution in [2.75, 3.05) is 18.8 Å². The summed E-state index contributed by atoms with van der Waals surface area (Å²) in [5.41, 5.74) is 5.85. The van der Waals surface area contributed by atoms with Gasteiger partial charge in [-0.2, -0.15) is 4.98 Å². The molecule has 0 bridgehead atoms. The lowest BCUT2D eigenvalue weighted by Crippen LogP contribution is -2.26. The first-order chi connectivity index (χ1) is 9.47. The topological polar surface area (TPSA) is 130 Å². The smallest absolute Gasteiger partial charge is 0.407 e. The molecular weight excluding hydrogens is 332 g/mol. The Balaban J connectivity index is 2.07. The van der Waals surface area contributed by atoms with Gasteiger partial charge < -0.3 is 20.8 Å². The summed E-state index contributed by atoms with van der Waals surface area (Å²) in [5.74, 6) is 0.115. The molecular formula is C10H11BrN6O3. The van der Waals surface area contributed by atoms with Gasteiger partial charge in [0.25, 0.3) is 0 Å². The summed E-state index contributed by atoms with van der Waals surface area (Å²) in [6.07, 6.45) is -0.313. The predicted octanol–water partition coefficient (Wildman–Crippen LogP) is 0.642. The average molecular weight is 343 g/mol. The second-order valence-electron chi connectivity index (χ2n) is 4.53. The fourth-order valence-electron chi connectivity index (χ4n) is 2.39. The van der Waals surface area contributed by atoms with Gasteiger partial charge in [-0.05, 0) is 22.4 Å². The minimum Gasteiger partial charge on any atom is -0.492 e. The van der Waals surface area contributed by atoms with E-state index in [1.54, 1.807) is 0 Å². The third-order valence-electron chi connectivity index (χ3n) is 3.30. The molecule has 3 rings (SSSR count). The van der Waals surface area contributed by atoms with E-state index in [-0.39, 0.29) is 17.7 Å². The zero-order chi connectivity index (χ0) is 14.4. The van der Waals surface area contributed by atoms with Gasteiger partial charge in [0.2, 0.25) is 11.8 Å². The third kappa shape index (κ3) is 1.92. The van der Waals surface area contributed by atoms with Crippen LogP contribution in [0.1, 0.15) is 18.2 Å². The summed E-state index contributed by atoms with van der Waals surface area (Å²) in [5, 5.41) is 22.8. The number of imidazole rings is 1. The van der Waals surface area contributed by atoms with Gasteiger partial charge >= 0.3 is 6.09 Å². The number of halogens is 1. The van der Waals surface area contributed by atoms with Gasteiger partial charge in [-0.25, -0.2) is 14.3 Å². The maximum Gasteiger partial charge on any atom is 0.407 e. The number of carbonyl (C=O) groups is 1. The molecule has 0 saturated carbocycles. The highest BCUT2D eigenvalue weighted by atomic mass is 79.9. The minimum absolute atomic E-state index is 0.0748. The molecule has 1 aliphatic heterocycles. The predicted molar refractivity (Wildman–Crippen MR) is 71.5 cm³/mol. The van der Waals surface area contributed by atoms with Crippen molar-refractivity contribution in [3.05, 3.63) is 10.4 Å². The first kappa shape index (κ1) is 12.9. The Hall–Kier alpha value is -2.10. The first-order valence-corrected chi connectivity index (χ1v) is 6.65. The van der Waals surface area contributed by atoms with E-state index in [2.05, 4.69) is 31.0 Å². The lowest BCUT2D eigenvalue weighted by atomic mass is 10.1. The Kier molecular flexibility index (Phi) is 2.89. The van der Waals surface area contributed by atoms with E-state index in [1.165, 1.54) is 9.42 Å². The Labute approximate surface area is 121 Å². The van der Waals surface area contributed by atoms with Gasteiger partial charge in [-0.3, -0.25) is 0 Å². The van der Waals surface area contributed by atoms with Crippen molar-refractivity contribution >= 4 is 33.5 Å². The normalized spacial score (nSPS) is 18.9. The molecule has 0 aliphatic carbocycles. The van der Waals surface area contributed by atoms with Crippen molar-refractivity contribution in [3.8, 4) is 5.88 Å². The van der Waals surface area contributed by atoms with Gasteiger partial charge in [0.15, 0.2) is 5.52 Å². The number of aromatic nitrogens is 4. The molecule has 1 atom stereocenters. The van der Waals surface area contributed by atoms with Gasteiger partial charge in [0, 0.05) is 19.0 Å². The molecule has 0 unspecified atom stereocenters. The van der Waals surface area contributed by atoms with Crippen molar-refractivity contribution in [2.45, 2.75) is 12.3 Å². The average Bonchev–Trinajstić information content (AvgIpc) is 2.94. The Morgan fingerprint density at radius 3 is 2.85 bits per heavy atom. The van der Waals surface area contributed by atoms with Crippen LogP contribution in [0.3, 0.4) is 0 Å². The van der Waals surface area contributed by atoms with Gasteiger partial charge in [-0.1, -0.05) is 0 Å². The minimum atomic E-state index is -0.954. The highest BCUT2D eigenvalue weighted by molar-refractivity contribution is 9.10. The Morgan fingerprint density at radius 1 is 1.45 bits per heavy atom. The molecule has 9 nitrogen and oxygen atoms in total. The van der Waals surface area contributed by atoms with E-state index in [0.29, 0.717) is 35.5 Å². The molecule has 0 spiro atoms. The molecule has 2 aromatic rings. The summed E-state index contributed by atoms with van der Waals surface area (Å²) in [6.45, 7) is 0.782. The van der Waals surface area contributed by atoms with E-state index < -0.39 is 6.09 Å². The van der Waals surface area contributed by atoms with Crippen molar-refractivity contribution < 1.29 is 15.0 Å². The molecule has 1 saturated heterocycles. The number of nitrogens with zero attached hydrogens (tertiary/aromatic N) is 5. The summed E-state index contributed by atoms with van der Waals surface area (Å²) >= 11 is 3.24. The van der Waals surface area contributed by atoms with Crippen LogP contribution < -0.4 is 5.73 Å². The number of rotatable bonds is 1. The number of hydrogen-bond donors (Lipinski definition) is 3. The second-order valence-corrected chi connectivity index (χ2v) is 5.28. The number of amides is 1. The van der Waals surface area contributed by atoms with E-state index in [9.17, 15) is 9.90 Å². The van der Waals surface area contributed by atoms with Crippen LogP contribution in [0.15, 0.2) is 4.60 Å². The number of nitrogen functional groups attached to an aromatic ring is 1. The van der Waals surface area contributed by atoms with Crippen molar-refractivity contribution in [3.63, 3.8) is 0 Å². The number of fused-ring (bicyclic) bond motifs is 1. The van der Waals surface area contributed by atoms with Crippen LogP contribution in [-0.2, 0) is 0 Å². The lowest BCUT2D eigenvalue weighted by Gasteiger charge is -2.11. The van der Waals surface area contributed by atoms with E-state index in [4.69, 9.17) is 10.8 Å². The fourth-order valence-corrected chi connectivity index (χ4v) is 2.91. The maximum atomic E-state index is 11.0. The number of carboxylic acid groups (broad SMARTS) is 1. The number of hydrogen-bond acceptors (Lipinski definition) is 6. The molecule has 0 aromatic carbocycles. The monoisotopic (exact) mass is 342 g/mol. The molecule has 1 fully saturated rings. The fraction of sp³-hybridized carbons (Fsp3) is 0.400. The van der Waals surface area contributed by atoms with Gasteiger partial charge in [0.05, 0.1) is 0 Å². The first-order valence-electron chi connectivity index (χ1n) is 5.86. The van der Waals surface area contributed by atoms with E-state index in [0.717, 1.165) is 0 Å². The zero-order valence-electron chi connectivity index (χ0n) is 10.2. The molecule has 20 heavy (non-hydrogen) atoms. The molecule has 1 aliphatic rings. The largest absolute Gasteiger partial charge is 0.492 e. The summed E-state index contributed by atoms with van der Waals surface area (Å²) in [7, 11) is 0. The second kappa shape index (κ2) is 4.47. The number of anilines is 1. The maximum absolute atomic E-state index is 11.0. The number of nitrogens with two attached hydrogens (primary N) is 1. The van der Waals surface area contributed by atoms with Crippen LogP contribution >= 0.6 is 15.9 Å². The van der Waals surface area contributed by atoms with Crippen LogP contribution in [0.4, 0.5) is 10.7 Å². The van der Waals surface area contributed by atoms with Gasteiger partial charge in [-0.15, -0.1) is 5.10 Å². The van der Waals surface area contributed by atoms with Gasteiger partial charge in [0.1, 0.15) is 10.4 Å². The Bertz CT molecular complexity index is 702. The molecule has 0 radical (unpaired) electrons. The van der Waals surface area contributed by atoms with E-state index in [1.807, 2.05) is 0 Å². The summed E-state index contributed by atoms with van der Waals surface area (Å²) in [6, 6.07) is 0. The Morgan fingerprint density at radius 2 is 2.20 bits per heavy atom. The molecule has 3 heterocycles. The molecule has 10 heteroatoms. The highest BCUT2D eigenvalue weighted by Crippen LogP contribution is 2.32. The molecule has 2 aromatic heterocycles. The number of likely N-dealkylation sites (tertiary alicyclic amines) is 1. The van der Waals surface area contributed by atoms with E-state index >= 15 is 0 Å². The quantitative estimate of drug-likeness (QED) is 0.693. The van der Waals surface area contributed by atoms with Crippen LogP contribution in [0.25, 0.3) is 5.52 Å². The van der Waals surface area contributed by atoms with Crippen molar-refractivity contribution in [2.24, 2.45) is 0 Å². The zero-order valence-corrected chi connectivity index (χ0v) is 11.8. The van der Waals surface area contributed by atoms with Crippen LogP contribution in [0.2, 0.25) is 0 Å². The van der Waals surface area contributed by atoms with Crippen molar-refractivity contribution in [1.82, 2.24) is 24.5 Å².